The van der Waals surface area contributed by atoms with Gasteiger partial charge in [-0.2, -0.15) is 10.1 Å². The van der Waals surface area contributed by atoms with Gasteiger partial charge in [-0.3, -0.25) is 14.9 Å². The number of thiocarbonyl (C=S) groups is 1. The summed E-state index contributed by atoms with van der Waals surface area (Å²) >= 11 is 6.25. The van der Waals surface area contributed by atoms with E-state index in [9.17, 15) is 14.9 Å². The lowest BCUT2D eigenvalue weighted by molar-refractivity contribution is -0.402. The van der Waals surface area contributed by atoms with Gasteiger partial charge in [0.15, 0.2) is 4.32 Å². The van der Waals surface area contributed by atoms with Crippen molar-refractivity contribution in [2.45, 2.75) is 0 Å². The molecule has 1 fully saturated rings. The van der Waals surface area contributed by atoms with Crippen molar-refractivity contribution >= 4 is 58.5 Å². The second kappa shape index (κ2) is 7.28. The number of nitro groups is 1. The number of allylic oxidation sites excluding steroid dienone is 1. The molecule has 0 aromatic carbocycles. The van der Waals surface area contributed by atoms with E-state index in [1.807, 2.05) is 0 Å². The Morgan fingerprint density at radius 2 is 2.16 bits per heavy atom. The number of carbonyl (C=O) groups excluding carboxylic acids is 1. The second-order valence-corrected chi connectivity index (χ2v) is 6.24. The molecule has 0 aliphatic carbocycles. The molecule has 1 aliphatic heterocycles. The molecule has 0 unspecified atom stereocenters. The average molecular weight is 375 g/mol. The Bertz CT molecular complexity index is 912. The lowest BCUT2D eigenvalue weighted by Crippen LogP contribution is -2.21. The van der Waals surface area contributed by atoms with Crippen molar-refractivity contribution in [3.8, 4) is 0 Å². The number of amides is 1. The maximum atomic E-state index is 12.3. The van der Waals surface area contributed by atoms with E-state index in [1.54, 1.807) is 18.2 Å². The molecule has 0 radical (unpaired) electrons. The van der Waals surface area contributed by atoms with Crippen molar-refractivity contribution in [3.05, 3.63) is 63.1 Å². The van der Waals surface area contributed by atoms with Gasteiger partial charge in [-0.15, -0.1) is 0 Å². The largest absolute Gasteiger partial charge is 0.465 e. The summed E-state index contributed by atoms with van der Waals surface area (Å²) < 4.78 is 10.4. The van der Waals surface area contributed by atoms with Crippen LogP contribution in [-0.4, -0.2) is 26.4 Å². The summed E-state index contributed by atoms with van der Waals surface area (Å²) in [5.41, 5.74) is 0. The molecule has 126 valence electrons. The summed E-state index contributed by atoms with van der Waals surface area (Å²) in [6.45, 7) is 0. The molecule has 0 spiro atoms. The fraction of sp³-hybridized carbons (Fsp3) is 0. The highest BCUT2D eigenvalue weighted by Gasteiger charge is 2.32. The van der Waals surface area contributed by atoms with Crippen LogP contribution in [0.3, 0.4) is 0 Å². The molecule has 0 bridgehead atoms. The minimum absolute atomic E-state index is 0.293. The van der Waals surface area contributed by atoms with Crippen molar-refractivity contribution in [1.29, 1.82) is 0 Å². The molecule has 0 N–H and O–H groups in total. The molecule has 1 amide bonds. The van der Waals surface area contributed by atoms with Gasteiger partial charge in [0, 0.05) is 12.3 Å². The summed E-state index contributed by atoms with van der Waals surface area (Å²) in [6, 6.07) is 6.14. The molecular weight excluding hydrogens is 366 g/mol. The zero-order valence-electron chi connectivity index (χ0n) is 12.4. The van der Waals surface area contributed by atoms with Crippen molar-refractivity contribution < 1.29 is 18.6 Å². The third-order valence-corrected chi connectivity index (χ3v) is 4.19. The van der Waals surface area contributed by atoms with Crippen LogP contribution in [-0.2, 0) is 4.79 Å². The van der Waals surface area contributed by atoms with Gasteiger partial charge in [-0.25, -0.2) is 0 Å². The first-order chi connectivity index (χ1) is 12.0. The Kier molecular flexibility index (Phi) is 4.91. The van der Waals surface area contributed by atoms with E-state index in [-0.39, 0.29) is 11.8 Å². The van der Waals surface area contributed by atoms with Gasteiger partial charge in [-0.05, 0) is 42.6 Å². The predicted molar refractivity (Wildman–Crippen MR) is 96.6 cm³/mol. The number of nitrogens with zero attached hydrogens (tertiary/aromatic N) is 3. The number of hydrazone groups is 1. The van der Waals surface area contributed by atoms with Crippen LogP contribution in [0.5, 0.6) is 0 Å². The van der Waals surface area contributed by atoms with Crippen LogP contribution in [0.1, 0.15) is 11.5 Å². The molecule has 1 saturated heterocycles. The van der Waals surface area contributed by atoms with Crippen LogP contribution < -0.4 is 0 Å². The SMILES string of the molecule is O=C1/C(=C\c2ccco2)SC(=S)N1/N=C/C=C/c1ccc([N+](=O)[O-])o1. The quantitative estimate of drug-likeness (QED) is 0.258. The standard InChI is InChI=1S/C15H9N3O5S2/c19-14-12(9-11-4-2-8-22-11)25-15(24)17(14)16-7-1-3-10-5-6-13(23-10)18(20)21/h1-9H/b3-1+,12-9+,16-7+. The lowest BCUT2D eigenvalue weighted by Gasteiger charge is -2.04. The molecule has 3 rings (SSSR count). The van der Waals surface area contributed by atoms with Gasteiger partial charge in [0.25, 0.3) is 5.91 Å². The van der Waals surface area contributed by atoms with E-state index in [2.05, 4.69) is 5.10 Å². The van der Waals surface area contributed by atoms with Gasteiger partial charge >= 0.3 is 5.88 Å². The topological polar surface area (TPSA) is 102 Å². The van der Waals surface area contributed by atoms with Crippen LogP contribution >= 0.6 is 24.0 Å². The van der Waals surface area contributed by atoms with Crippen LogP contribution in [0, 0.1) is 10.1 Å². The number of carbonyl (C=O) groups is 1. The molecule has 0 saturated carbocycles. The minimum Gasteiger partial charge on any atom is -0.465 e. The van der Waals surface area contributed by atoms with Gasteiger partial charge in [0.1, 0.15) is 16.4 Å². The molecule has 0 atom stereocenters. The number of hydrogen-bond donors (Lipinski definition) is 0. The molecular formula is C15H9N3O5S2. The Balaban J connectivity index is 1.66. The van der Waals surface area contributed by atoms with Gasteiger partial charge in [0.05, 0.1) is 17.2 Å². The first-order valence-corrected chi connectivity index (χ1v) is 8.03. The van der Waals surface area contributed by atoms with Crippen molar-refractivity contribution in [1.82, 2.24) is 5.01 Å². The molecule has 2 aromatic rings. The van der Waals surface area contributed by atoms with Crippen molar-refractivity contribution in [3.63, 3.8) is 0 Å². The number of furan rings is 2. The van der Waals surface area contributed by atoms with Gasteiger partial charge in [-0.1, -0.05) is 11.8 Å². The highest BCUT2D eigenvalue weighted by Crippen LogP contribution is 2.32. The number of thioether (sulfide) groups is 1. The zero-order chi connectivity index (χ0) is 17.8. The fourth-order valence-electron chi connectivity index (χ4n) is 1.83. The van der Waals surface area contributed by atoms with E-state index >= 15 is 0 Å². The summed E-state index contributed by atoms with van der Waals surface area (Å²) in [5.74, 6) is 0.131. The highest BCUT2D eigenvalue weighted by atomic mass is 32.2. The Morgan fingerprint density at radius 3 is 2.84 bits per heavy atom. The molecule has 2 aromatic heterocycles. The zero-order valence-corrected chi connectivity index (χ0v) is 14.0. The maximum Gasteiger partial charge on any atom is 0.433 e. The Labute approximate surface area is 150 Å². The molecule has 1 aliphatic rings. The maximum absolute atomic E-state index is 12.3. The molecule has 8 nitrogen and oxygen atoms in total. The fourth-order valence-corrected chi connectivity index (χ4v) is 2.99. The molecule has 10 heteroatoms. The minimum atomic E-state index is -0.628. The normalized spacial score (nSPS) is 16.8. The second-order valence-electron chi connectivity index (χ2n) is 4.57. The van der Waals surface area contributed by atoms with E-state index in [1.165, 1.54) is 36.8 Å². The van der Waals surface area contributed by atoms with E-state index in [0.717, 1.165) is 16.8 Å². The average Bonchev–Trinajstić information content (AvgIpc) is 3.29. The van der Waals surface area contributed by atoms with Crippen LogP contribution in [0.15, 0.2) is 55.4 Å². The first kappa shape index (κ1) is 16.9. The van der Waals surface area contributed by atoms with E-state index in [4.69, 9.17) is 21.1 Å². The van der Waals surface area contributed by atoms with E-state index < -0.39 is 4.92 Å². The van der Waals surface area contributed by atoms with E-state index in [0.29, 0.717) is 20.7 Å². The third-order valence-electron chi connectivity index (χ3n) is 2.91. The summed E-state index contributed by atoms with van der Waals surface area (Å²) in [5, 5.41) is 15.6. The van der Waals surface area contributed by atoms with Crippen molar-refractivity contribution in [2.75, 3.05) is 0 Å². The summed E-state index contributed by atoms with van der Waals surface area (Å²) in [7, 11) is 0. The van der Waals surface area contributed by atoms with Crippen LogP contribution in [0.25, 0.3) is 12.2 Å². The number of hydrogen-bond acceptors (Lipinski definition) is 8. The van der Waals surface area contributed by atoms with Crippen LogP contribution in [0.4, 0.5) is 5.88 Å². The third kappa shape index (κ3) is 3.92. The Morgan fingerprint density at radius 1 is 1.32 bits per heavy atom. The number of rotatable bonds is 5. The smallest absolute Gasteiger partial charge is 0.433 e. The first-order valence-electron chi connectivity index (χ1n) is 6.81. The summed E-state index contributed by atoms with van der Waals surface area (Å²) in [4.78, 5) is 22.6. The summed E-state index contributed by atoms with van der Waals surface area (Å²) in [6.07, 6.45) is 7.40. The lowest BCUT2D eigenvalue weighted by atomic mass is 10.4. The van der Waals surface area contributed by atoms with Gasteiger partial charge < -0.3 is 8.83 Å². The van der Waals surface area contributed by atoms with Crippen molar-refractivity contribution in [2.24, 2.45) is 5.10 Å². The highest BCUT2D eigenvalue weighted by molar-refractivity contribution is 8.26. The van der Waals surface area contributed by atoms with Gasteiger partial charge in [0.2, 0.25) is 0 Å². The predicted octanol–water partition coefficient (Wildman–Crippen LogP) is 3.68. The Hall–Kier alpha value is -2.98. The monoisotopic (exact) mass is 375 g/mol. The molecule has 3 heterocycles. The molecule has 25 heavy (non-hydrogen) atoms. The van der Waals surface area contributed by atoms with Crippen LogP contribution in [0.2, 0.25) is 0 Å².